The van der Waals surface area contributed by atoms with Crippen molar-refractivity contribution in [2.45, 2.75) is 13.0 Å². The molecule has 4 heteroatoms. The lowest BCUT2D eigenvalue weighted by Gasteiger charge is -2.08. The summed E-state index contributed by atoms with van der Waals surface area (Å²) in [4.78, 5) is 4.24. The van der Waals surface area contributed by atoms with Gasteiger partial charge in [-0.05, 0) is 24.3 Å². The molecule has 1 heterocycles. The van der Waals surface area contributed by atoms with E-state index in [2.05, 4.69) is 10.3 Å². The maximum Gasteiger partial charge on any atom is 0.121 e. The molecule has 18 heavy (non-hydrogen) atoms. The second kappa shape index (κ2) is 6.38. The Morgan fingerprint density at radius 1 is 1.17 bits per heavy atom. The highest BCUT2D eigenvalue weighted by Crippen LogP contribution is 2.24. The van der Waals surface area contributed by atoms with Gasteiger partial charge in [0.2, 0.25) is 0 Å². The Balaban J connectivity index is 1.82. The zero-order valence-corrected chi connectivity index (χ0v) is 10.7. The molecule has 1 aromatic heterocycles. The van der Waals surface area contributed by atoms with Crippen LogP contribution in [0.1, 0.15) is 11.3 Å². The molecule has 3 nitrogen and oxygen atoms in total. The number of halogens is 1. The highest BCUT2D eigenvalue weighted by Gasteiger charge is 2.04. The van der Waals surface area contributed by atoms with E-state index in [-0.39, 0.29) is 5.75 Å². The van der Waals surface area contributed by atoms with Gasteiger partial charge in [0.1, 0.15) is 5.75 Å². The van der Waals surface area contributed by atoms with Gasteiger partial charge in [-0.1, -0.05) is 23.7 Å². The third-order valence-electron chi connectivity index (χ3n) is 2.68. The van der Waals surface area contributed by atoms with Crippen LogP contribution in [0.15, 0.2) is 42.6 Å². The molecule has 0 aliphatic rings. The minimum Gasteiger partial charge on any atom is -0.508 e. The van der Waals surface area contributed by atoms with E-state index >= 15 is 0 Å². The van der Waals surface area contributed by atoms with Crippen molar-refractivity contribution in [1.29, 1.82) is 0 Å². The molecular weight excluding hydrogens is 248 g/mol. The molecule has 0 radical (unpaired) electrons. The summed E-state index contributed by atoms with van der Waals surface area (Å²) >= 11 is 6.01. The SMILES string of the molecule is Oc1cccc(Cl)c1CNCCc1ccccn1. The fourth-order valence-electron chi connectivity index (χ4n) is 1.70. The maximum absolute atomic E-state index is 9.67. The molecule has 0 fully saturated rings. The van der Waals surface area contributed by atoms with E-state index in [1.54, 1.807) is 24.4 Å². The standard InChI is InChI=1S/C14H15ClN2O/c15-13-5-3-6-14(18)12(13)10-16-9-7-11-4-1-2-8-17-11/h1-6,8,16,18H,7,9-10H2. The van der Waals surface area contributed by atoms with Crippen molar-refractivity contribution < 1.29 is 5.11 Å². The van der Waals surface area contributed by atoms with Crippen LogP contribution >= 0.6 is 11.6 Å². The minimum atomic E-state index is 0.229. The Labute approximate surface area is 111 Å². The quantitative estimate of drug-likeness (QED) is 0.815. The maximum atomic E-state index is 9.67. The van der Waals surface area contributed by atoms with Crippen LogP contribution in [-0.4, -0.2) is 16.6 Å². The fourth-order valence-corrected chi connectivity index (χ4v) is 1.93. The minimum absolute atomic E-state index is 0.229. The summed E-state index contributed by atoms with van der Waals surface area (Å²) in [7, 11) is 0. The highest BCUT2D eigenvalue weighted by molar-refractivity contribution is 6.31. The van der Waals surface area contributed by atoms with Crippen LogP contribution in [0.4, 0.5) is 0 Å². The predicted octanol–water partition coefficient (Wildman–Crippen LogP) is 2.77. The van der Waals surface area contributed by atoms with E-state index in [0.29, 0.717) is 11.6 Å². The first kappa shape index (κ1) is 12.9. The Morgan fingerprint density at radius 3 is 2.78 bits per heavy atom. The van der Waals surface area contributed by atoms with Crippen LogP contribution in [0, 0.1) is 0 Å². The van der Waals surface area contributed by atoms with Crippen molar-refractivity contribution >= 4 is 11.6 Å². The molecule has 0 unspecified atom stereocenters. The molecule has 0 saturated carbocycles. The molecule has 0 bridgehead atoms. The van der Waals surface area contributed by atoms with E-state index in [0.717, 1.165) is 24.2 Å². The number of pyridine rings is 1. The Kier molecular flexibility index (Phi) is 4.56. The second-order valence-electron chi connectivity index (χ2n) is 3.99. The van der Waals surface area contributed by atoms with Gasteiger partial charge in [-0.2, -0.15) is 0 Å². The zero-order chi connectivity index (χ0) is 12.8. The number of phenolic OH excluding ortho intramolecular Hbond substituents is 1. The number of hydrogen-bond donors (Lipinski definition) is 2. The van der Waals surface area contributed by atoms with Gasteiger partial charge in [-0.15, -0.1) is 0 Å². The molecule has 0 spiro atoms. The summed E-state index contributed by atoms with van der Waals surface area (Å²) in [5.74, 6) is 0.229. The van der Waals surface area contributed by atoms with E-state index in [4.69, 9.17) is 11.6 Å². The van der Waals surface area contributed by atoms with Gasteiger partial charge in [-0.25, -0.2) is 0 Å². The number of nitrogens with zero attached hydrogens (tertiary/aromatic N) is 1. The third-order valence-corrected chi connectivity index (χ3v) is 3.03. The van der Waals surface area contributed by atoms with Gasteiger partial charge in [-0.3, -0.25) is 4.98 Å². The van der Waals surface area contributed by atoms with Crippen molar-refractivity contribution in [1.82, 2.24) is 10.3 Å². The highest BCUT2D eigenvalue weighted by atomic mass is 35.5. The molecule has 1 aromatic carbocycles. The van der Waals surface area contributed by atoms with Crippen molar-refractivity contribution in [3.63, 3.8) is 0 Å². The largest absolute Gasteiger partial charge is 0.508 e. The number of nitrogens with one attached hydrogen (secondary N) is 1. The number of phenols is 1. The molecule has 0 aliphatic heterocycles. The number of benzene rings is 1. The first-order chi connectivity index (χ1) is 8.77. The summed E-state index contributed by atoms with van der Waals surface area (Å²) in [5.41, 5.74) is 1.79. The van der Waals surface area contributed by atoms with Gasteiger partial charge in [0.25, 0.3) is 0 Å². The van der Waals surface area contributed by atoms with Gasteiger partial charge in [0.15, 0.2) is 0 Å². The van der Waals surface area contributed by atoms with Crippen molar-refractivity contribution in [2.75, 3.05) is 6.54 Å². The molecule has 0 atom stereocenters. The van der Waals surface area contributed by atoms with Gasteiger partial charge < -0.3 is 10.4 Å². The smallest absolute Gasteiger partial charge is 0.121 e. The number of rotatable bonds is 5. The Bertz CT molecular complexity index is 482. The van der Waals surface area contributed by atoms with Crippen LogP contribution in [0.2, 0.25) is 5.02 Å². The van der Waals surface area contributed by atoms with Crippen LogP contribution < -0.4 is 5.32 Å². The monoisotopic (exact) mass is 262 g/mol. The molecule has 2 rings (SSSR count). The Morgan fingerprint density at radius 2 is 2.06 bits per heavy atom. The summed E-state index contributed by atoms with van der Waals surface area (Å²) in [6.45, 7) is 1.35. The van der Waals surface area contributed by atoms with E-state index in [9.17, 15) is 5.11 Å². The number of hydrogen-bond acceptors (Lipinski definition) is 3. The zero-order valence-electron chi connectivity index (χ0n) is 9.94. The molecular formula is C14H15ClN2O. The normalized spacial score (nSPS) is 10.5. The average Bonchev–Trinajstić information content (AvgIpc) is 2.38. The van der Waals surface area contributed by atoms with Crippen LogP contribution in [0.3, 0.4) is 0 Å². The van der Waals surface area contributed by atoms with Gasteiger partial charge in [0.05, 0.1) is 0 Å². The number of aromatic hydroxyl groups is 1. The molecule has 0 amide bonds. The molecule has 0 aliphatic carbocycles. The van der Waals surface area contributed by atoms with Gasteiger partial charge in [0, 0.05) is 42.0 Å². The lowest BCUT2D eigenvalue weighted by atomic mass is 10.2. The molecule has 2 aromatic rings. The average molecular weight is 263 g/mol. The van der Waals surface area contributed by atoms with Crippen LogP contribution in [-0.2, 0) is 13.0 Å². The third kappa shape index (κ3) is 3.45. The number of aromatic nitrogens is 1. The molecule has 2 N–H and O–H groups in total. The molecule has 94 valence electrons. The van der Waals surface area contributed by atoms with Crippen LogP contribution in [0.25, 0.3) is 0 Å². The second-order valence-corrected chi connectivity index (χ2v) is 4.39. The van der Waals surface area contributed by atoms with Crippen molar-refractivity contribution in [3.8, 4) is 5.75 Å². The summed E-state index contributed by atoms with van der Waals surface area (Å²) in [6, 6.07) is 11.0. The van der Waals surface area contributed by atoms with Gasteiger partial charge >= 0.3 is 0 Å². The summed E-state index contributed by atoms with van der Waals surface area (Å²) in [5, 5.41) is 13.5. The summed E-state index contributed by atoms with van der Waals surface area (Å²) < 4.78 is 0. The Hall–Kier alpha value is -1.58. The van der Waals surface area contributed by atoms with E-state index < -0.39 is 0 Å². The van der Waals surface area contributed by atoms with E-state index in [1.807, 2.05) is 18.2 Å². The predicted molar refractivity (Wildman–Crippen MR) is 72.8 cm³/mol. The van der Waals surface area contributed by atoms with Crippen molar-refractivity contribution in [2.24, 2.45) is 0 Å². The first-order valence-corrected chi connectivity index (χ1v) is 6.22. The molecule has 0 saturated heterocycles. The van der Waals surface area contributed by atoms with Crippen LogP contribution in [0.5, 0.6) is 5.75 Å². The fraction of sp³-hybridized carbons (Fsp3) is 0.214. The van der Waals surface area contributed by atoms with E-state index in [1.165, 1.54) is 0 Å². The first-order valence-electron chi connectivity index (χ1n) is 5.84. The summed E-state index contributed by atoms with van der Waals surface area (Å²) in [6.07, 6.45) is 2.64. The van der Waals surface area contributed by atoms with Crippen molar-refractivity contribution in [3.05, 3.63) is 58.9 Å². The lowest BCUT2D eigenvalue weighted by molar-refractivity contribution is 0.464. The topological polar surface area (TPSA) is 45.1 Å². The lowest BCUT2D eigenvalue weighted by Crippen LogP contribution is -2.17.